The first-order valence-electron chi connectivity index (χ1n) is 14.7. The van der Waals surface area contributed by atoms with Crippen LogP contribution in [0, 0.1) is 0 Å². The van der Waals surface area contributed by atoms with Crippen molar-refractivity contribution in [2.75, 3.05) is 28.3 Å². The Labute approximate surface area is 240 Å². The number of carbonyl (C=O) groups is 1. The summed E-state index contributed by atoms with van der Waals surface area (Å²) in [4.78, 5) is 12.7. The van der Waals surface area contributed by atoms with Gasteiger partial charge in [-0.2, -0.15) is 17.2 Å². The van der Waals surface area contributed by atoms with E-state index in [4.69, 9.17) is 0 Å². The molecule has 0 radical (unpaired) electrons. The standard InChI is InChI=1S/C28H49F2N3O5S2/c1-4-7-8-9-10-11-12-13-14-15-16-17-18-19-24-39(35,36)31-25-20-22-26(23-21-25)32-40(37,38)28(29,30)27(34)33(5-2)6-3/h20-23,31-32H,4-19,24H2,1-3H3. The molecule has 232 valence electrons. The number of sulfonamides is 2. The number of amides is 1. The van der Waals surface area contributed by atoms with Gasteiger partial charge >= 0.3 is 21.2 Å². The van der Waals surface area contributed by atoms with Gasteiger partial charge in [-0.1, -0.05) is 90.4 Å². The quantitative estimate of drug-likeness (QED) is 0.128. The Bertz CT molecular complexity index is 1060. The van der Waals surface area contributed by atoms with Crippen LogP contribution in [0.4, 0.5) is 20.2 Å². The smallest absolute Gasteiger partial charge is 0.337 e. The van der Waals surface area contributed by atoms with Crippen molar-refractivity contribution in [3.63, 3.8) is 0 Å². The molecule has 0 heterocycles. The summed E-state index contributed by atoms with van der Waals surface area (Å²) in [5, 5.41) is -4.66. The minimum absolute atomic E-state index is 0.0426. The van der Waals surface area contributed by atoms with E-state index in [1.54, 1.807) is 4.72 Å². The molecule has 0 bridgehead atoms. The second-order valence-electron chi connectivity index (χ2n) is 10.2. The summed E-state index contributed by atoms with van der Waals surface area (Å²) in [5.74, 6) is -1.85. The molecule has 0 unspecified atom stereocenters. The third-order valence-corrected chi connectivity index (χ3v) is 9.54. The molecule has 0 aromatic heterocycles. The molecule has 2 N–H and O–H groups in total. The lowest BCUT2D eigenvalue weighted by atomic mass is 10.0. The van der Waals surface area contributed by atoms with Crippen molar-refractivity contribution in [2.24, 2.45) is 0 Å². The molecule has 40 heavy (non-hydrogen) atoms. The van der Waals surface area contributed by atoms with Crippen LogP contribution in [0.25, 0.3) is 0 Å². The van der Waals surface area contributed by atoms with E-state index in [1.165, 1.54) is 90.2 Å². The van der Waals surface area contributed by atoms with Crippen molar-refractivity contribution in [1.29, 1.82) is 0 Å². The number of hydrogen-bond donors (Lipinski definition) is 2. The zero-order chi connectivity index (χ0) is 30.1. The van der Waals surface area contributed by atoms with Gasteiger partial charge in [-0.05, 0) is 44.5 Å². The Morgan fingerprint density at radius 3 is 1.45 bits per heavy atom. The van der Waals surface area contributed by atoms with Crippen LogP contribution < -0.4 is 9.44 Å². The highest BCUT2D eigenvalue weighted by Gasteiger charge is 2.54. The molecule has 1 aromatic carbocycles. The number of rotatable bonds is 23. The fraction of sp³-hybridized carbons (Fsp3) is 0.750. The molecule has 1 aromatic rings. The van der Waals surface area contributed by atoms with Gasteiger partial charge in [0, 0.05) is 24.5 Å². The van der Waals surface area contributed by atoms with Crippen molar-refractivity contribution in [3.8, 4) is 0 Å². The van der Waals surface area contributed by atoms with E-state index in [1.807, 2.05) is 0 Å². The number of unbranched alkanes of at least 4 members (excludes halogenated alkanes) is 13. The summed E-state index contributed by atoms with van der Waals surface area (Å²) in [6.07, 6.45) is 16.4. The summed E-state index contributed by atoms with van der Waals surface area (Å²) in [6.45, 7) is 5.04. The van der Waals surface area contributed by atoms with Crippen LogP contribution in [0.1, 0.15) is 111 Å². The SMILES string of the molecule is CCCCCCCCCCCCCCCCS(=O)(=O)Nc1ccc(NS(=O)(=O)C(F)(F)C(=O)N(CC)CC)cc1. The van der Waals surface area contributed by atoms with Crippen LogP contribution in [0.3, 0.4) is 0 Å². The van der Waals surface area contributed by atoms with Crippen molar-refractivity contribution in [3.05, 3.63) is 24.3 Å². The molecule has 0 aliphatic carbocycles. The monoisotopic (exact) mass is 609 g/mol. The van der Waals surface area contributed by atoms with Crippen LogP contribution in [0.15, 0.2) is 24.3 Å². The van der Waals surface area contributed by atoms with Gasteiger partial charge in [-0.25, -0.2) is 8.42 Å². The average Bonchev–Trinajstić information content (AvgIpc) is 2.90. The predicted octanol–water partition coefficient (Wildman–Crippen LogP) is 7.11. The molecule has 12 heteroatoms. The van der Waals surface area contributed by atoms with E-state index in [9.17, 15) is 30.4 Å². The molecule has 1 rings (SSSR count). The molecule has 0 saturated carbocycles. The van der Waals surface area contributed by atoms with E-state index in [0.29, 0.717) is 6.42 Å². The maximum atomic E-state index is 14.4. The third-order valence-electron chi connectivity index (χ3n) is 6.81. The summed E-state index contributed by atoms with van der Waals surface area (Å²) in [7, 11) is -8.98. The number of alkyl halides is 2. The number of benzene rings is 1. The van der Waals surface area contributed by atoms with Gasteiger partial charge < -0.3 is 4.90 Å². The number of hydrogen-bond acceptors (Lipinski definition) is 5. The van der Waals surface area contributed by atoms with Gasteiger partial charge in [0.05, 0.1) is 5.75 Å². The Hall–Kier alpha value is -1.95. The summed E-state index contributed by atoms with van der Waals surface area (Å²) in [5.41, 5.74) is -0.0405. The summed E-state index contributed by atoms with van der Waals surface area (Å²) >= 11 is 0. The number of halogens is 2. The van der Waals surface area contributed by atoms with E-state index < -0.39 is 31.2 Å². The van der Waals surface area contributed by atoms with Gasteiger partial charge in [0.25, 0.3) is 0 Å². The van der Waals surface area contributed by atoms with Crippen molar-refractivity contribution in [2.45, 2.75) is 116 Å². The first-order valence-corrected chi connectivity index (χ1v) is 17.8. The Morgan fingerprint density at radius 2 is 1.05 bits per heavy atom. The lowest BCUT2D eigenvalue weighted by Gasteiger charge is -2.24. The molecular weight excluding hydrogens is 560 g/mol. The van der Waals surface area contributed by atoms with E-state index in [2.05, 4.69) is 11.6 Å². The fourth-order valence-corrected chi connectivity index (χ4v) is 6.47. The molecule has 0 atom stereocenters. The maximum Gasteiger partial charge on any atom is 0.440 e. The van der Waals surface area contributed by atoms with E-state index in [-0.39, 0.29) is 30.2 Å². The second-order valence-corrected chi connectivity index (χ2v) is 13.8. The molecule has 8 nitrogen and oxygen atoms in total. The molecule has 0 spiro atoms. The highest BCUT2D eigenvalue weighted by Crippen LogP contribution is 2.27. The molecular formula is C28H49F2N3O5S2. The largest absolute Gasteiger partial charge is 0.440 e. The Balaban J connectivity index is 2.36. The van der Waals surface area contributed by atoms with Crippen LogP contribution in [0.5, 0.6) is 0 Å². The van der Waals surface area contributed by atoms with E-state index >= 15 is 0 Å². The Kier molecular flexibility index (Phi) is 16.7. The van der Waals surface area contributed by atoms with Gasteiger partial charge in [-0.3, -0.25) is 14.2 Å². The lowest BCUT2D eigenvalue weighted by molar-refractivity contribution is -0.146. The zero-order valence-corrected chi connectivity index (χ0v) is 26.0. The van der Waals surface area contributed by atoms with Crippen molar-refractivity contribution >= 4 is 37.3 Å². The minimum atomic E-state index is -5.37. The third kappa shape index (κ3) is 13.1. The predicted molar refractivity (Wildman–Crippen MR) is 160 cm³/mol. The van der Waals surface area contributed by atoms with E-state index in [0.717, 1.165) is 36.3 Å². The van der Waals surface area contributed by atoms with Crippen molar-refractivity contribution < 1.29 is 30.4 Å². The lowest BCUT2D eigenvalue weighted by Crippen LogP contribution is -2.50. The van der Waals surface area contributed by atoms with Gasteiger partial charge in [0.1, 0.15) is 0 Å². The topological polar surface area (TPSA) is 113 Å². The molecule has 1 amide bonds. The molecule has 0 fully saturated rings. The fourth-order valence-electron chi connectivity index (χ4n) is 4.35. The zero-order valence-electron chi connectivity index (χ0n) is 24.4. The highest BCUT2D eigenvalue weighted by atomic mass is 32.2. The molecule has 0 saturated heterocycles. The van der Waals surface area contributed by atoms with Gasteiger partial charge in [0.15, 0.2) is 0 Å². The average molecular weight is 610 g/mol. The summed E-state index contributed by atoms with van der Waals surface area (Å²) in [6, 6.07) is 4.84. The van der Waals surface area contributed by atoms with Crippen LogP contribution in [-0.4, -0.2) is 51.7 Å². The molecule has 0 aliphatic heterocycles. The second kappa shape index (κ2) is 18.5. The molecule has 0 aliphatic rings. The van der Waals surface area contributed by atoms with Crippen LogP contribution >= 0.6 is 0 Å². The Morgan fingerprint density at radius 1 is 0.675 bits per heavy atom. The van der Waals surface area contributed by atoms with Gasteiger partial charge in [0.2, 0.25) is 10.0 Å². The minimum Gasteiger partial charge on any atom is -0.337 e. The number of anilines is 2. The first-order chi connectivity index (χ1) is 18.9. The van der Waals surface area contributed by atoms with Crippen molar-refractivity contribution in [1.82, 2.24) is 4.90 Å². The van der Waals surface area contributed by atoms with Crippen LogP contribution in [0.2, 0.25) is 0 Å². The number of nitrogens with one attached hydrogen (secondary N) is 2. The normalized spacial score (nSPS) is 12.3. The number of carbonyl (C=O) groups excluding carboxylic acids is 1. The summed E-state index contributed by atoms with van der Waals surface area (Å²) < 4.78 is 82.1. The number of nitrogens with zero attached hydrogens (tertiary/aromatic N) is 1. The first kappa shape index (κ1) is 36.1. The highest BCUT2D eigenvalue weighted by molar-refractivity contribution is 7.94. The van der Waals surface area contributed by atoms with Gasteiger partial charge in [-0.15, -0.1) is 0 Å². The van der Waals surface area contributed by atoms with Crippen LogP contribution in [-0.2, 0) is 24.8 Å². The maximum absolute atomic E-state index is 14.4.